The first-order valence-corrected chi connectivity index (χ1v) is 11.0. The summed E-state index contributed by atoms with van der Waals surface area (Å²) in [4.78, 5) is 37.5. The minimum absolute atomic E-state index is 0.0151. The van der Waals surface area contributed by atoms with Crippen LogP contribution in [0, 0.1) is 22.7 Å². The molecule has 0 heterocycles. The number of ketones is 1. The molecule has 0 saturated heterocycles. The first kappa shape index (κ1) is 23.0. The van der Waals surface area contributed by atoms with Crippen molar-refractivity contribution in [1.82, 2.24) is 0 Å². The average Bonchev–Trinajstić information content (AvgIpc) is 2.77. The summed E-state index contributed by atoms with van der Waals surface area (Å²) in [5.41, 5.74) is -0.584. The fraction of sp³-hybridized carbons (Fsp3) is 0.480. The van der Waals surface area contributed by atoms with Crippen molar-refractivity contribution in [3.05, 3.63) is 42.0 Å². The van der Waals surface area contributed by atoms with Crippen LogP contribution in [0.5, 0.6) is 11.5 Å². The third-order valence-electron chi connectivity index (χ3n) is 7.91. The summed E-state index contributed by atoms with van der Waals surface area (Å²) in [5, 5.41) is 33.4. The standard InChI is InChI=1S/C25H29NO7/c1-13-11-25-9-6-19(29)24(2,18(25)10-15(13)17(28)12-25)8-7-20(30)26-21-16(27)5-4-14(22(21)31)23(32)33-3/h4-6,9,15,17-18,27-28,31H,1,7-8,10-12H2,2-3H3,(H,26,30)/t15-,17-,18-,24-,25+/m0/s1. The fourth-order valence-electron chi connectivity index (χ4n) is 6.10. The van der Waals surface area contributed by atoms with Crippen LogP contribution in [-0.2, 0) is 14.3 Å². The molecule has 4 aliphatic rings. The minimum atomic E-state index is -0.809. The molecule has 8 nitrogen and oxygen atoms in total. The molecule has 8 heteroatoms. The fourth-order valence-corrected chi connectivity index (χ4v) is 6.10. The second-order valence-electron chi connectivity index (χ2n) is 9.75. The number of amides is 1. The number of methoxy groups -OCH3 is 1. The van der Waals surface area contributed by atoms with E-state index < -0.39 is 34.9 Å². The molecule has 3 saturated carbocycles. The molecule has 1 aromatic rings. The Labute approximate surface area is 191 Å². The number of phenols is 2. The van der Waals surface area contributed by atoms with Crippen molar-refractivity contribution in [2.24, 2.45) is 22.7 Å². The van der Waals surface area contributed by atoms with E-state index >= 15 is 0 Å². The van der Waals surface area contributed by atoms with Crippen molar-refractivity contribution >= 4 is 23.3 Å². The summed E-state index contributed by atoms with van der Waals surface area (Å²) in [6, 6.07) is 2.37. The maximum atomic E-state index is 13.0. The van der Waals surface area contributed by atoms with Gasteiger partial charge >= 0.3 is 5.97 Å². The molecule has 0 aromatic heterocycles. The van der Waals surface area contributed by atoms with Crippen LogP contribution in [0.3, 0.4) is 0 Å². The highest BCUT2D eigenvalue weighted by Crippen LogP contribution is 2.64. The summed E-state index contributed by atoms with van der Waals surface area (Å²) in [7, 11) is 1.15. The third kappa shape index (κ3) is 3.62. The first-order chi connectivity index (χ1) is 15.5. The number of aliphatic hydroxyl groups is 1. The molecular weight excluding hydrogens is 426 g/mol. The number of ether oxygens (including phenoxy) is 1. The third-order valence-corrected chi connectivity index (χ3v) is 7.91. The van der Waals surface area contributed by atoms with Crippen molar-refractivity contribution < 1.29 is 34.4 Å². The lowest BCUT2D eigenvalue weighted by Crippen LogP contribution is -2.57. The van der Waals surface area contributed by atoms with E-state index in [0.29, 0.717) is 12.8 Å². The number of hydrogen-bond donors (Lipinski definition) is 4. The molecule has 0 unspecified atom stereocenters. The Morgan fingerprint density at radius 1 is 1.30 bits per heavy atom. The molecule has 4 aliphatic carbocycles. The van der Waals surface area contributed by atoms with Gasteiger partial charge in [0.15, 0.2) is 11.5 Å². The molecule has 33 heavy (non-hydrogen) atoms. The smallest absolute Gasteiger partial charge is 0.341 e. The Morgan fingerprint density at radius 3 is 2.70 bits per heavy atom. The number of carbonyl (C=O) groups excluding carboxylic acids is 3. The summed E-state index contributed by atoms with van der Waals surface area (Å²) in [6.07, 6.45) is 5.23. The number of rotatable bonds is 5. The summed E-state index contributed by atoms with van der Waals surface area (Å²) in [6.45, 7) is 6.02. The first-order valence-electron chi connectivity index (χ1n) is 11.0. The summed E-state index contributed by atoms with van der Waals surface area (Å²) < 4.78 is 4.60. The van der Waals surface area contributed by atoms with Gasteiger partial charge in [-0.1, -0.05) is 25.2 Å². The zero-order chi connectivity index (χ0) is 24.1. The summed E-state index contributed by atoms with van der Waals surface area (Å²) in [5.74, 6) is -2.40. The van der Waals surface area contributed by atoms with Crippen molar-refractivity contribution in [3.8, 4) is 11.5 Å². The normalized spacial score (nSPS) is 32.4. The van der Waals surface area contributed by atoms with Gasteiger partial charge in [-0.15, -0.1) is 0 Å². The van der Waals surface area contributed by atoms with E-state index in [2.05, 4.69) is 16.6 Å². The predicted octanol–water partition coefficient (Wildman–Crippen LogP) is 3.08. The number of fused-ring (bicyclic) bond motifs is 2. The van der Waals surface area contributed by atoms with Crippen LogP contribution < -0.4 is 5.32 Å². The van der Waals surface area contributed by atoms with Gasteiger partial charge in [-0.3, -0.25) is 9.59 Å². The topological polar surface area (TPSA) is 133 Å². The predicted molar refractivity (Wildman–Crippen MR) is 120 cm³/mol. The molecule has 3 fully saturated rings. The van der Waals surface area contributed by atoms with Gasteiger partial charge in [-0.2, -0.15) is 0 Å². The van der Waals surface area contributed by atoms with Gasteiger partial charge in [0.1, 0.15) is 17.0 Å². The Morgan fingerprint density at radius 2 is 2.03 bits per heavy atom. The van der Waals surface area contributed by atoms with Gasteiger partial charge in [-0.05, 0) is 55.2 Å². The molecule has 0 aliphatic heterocycles. The van der Waals surface area contributed by atoms with E-state index in [1.807, 2.05) is 13.0 Å². The molecule has 1 amide bonds. The number of phenolic OH excluding ortho intramolecular Hbond substituents is 2. The zero-order valence-electron chi connectivity index (χ0n) is 18.8. The lowest BCUT2D eigenvalue weighted by atomic mass is 9.44. The largest absolute Gasteiger partial charge is 0.506 e. The van der Waals surface area contributed by atoms with E-state index in [1.165, 1.54) is 12.1 Å². The van der Waals surface area contributed by atoms with Crippen LogP contribution in [-0.4, -0.2) is 46.2 Å². The number of nitrogens with one attached hydrogen (secondary N) is 1. The molecule has 5 atom stereocenters. The van der Waals surface area contributed by atoms with Crippen LogP contribution in [0.4, 0.5) is 5.69 Å². The van der Waals surface area contributed by atoms with E-state index in [4.69, 9.17) is 0 Å². The molecule has 1 aromatic carbocycles. The Kier molecular flexibility index (Phi) is 5.60. The second kappa shape index (κ2) is 8.02. The molecule has 5 rings (SSSR count). The van der Waals surface area contributed by atoms with Gasteiger partial charge in [0.25, 0.3) is 0 Å². The van der Waals surface area contributed by atoms with Crippen molar-refractivity contribution in [1.29, 1.82) is 0 Å². The van der Waals surface area contributed by atoms with E-state index in [9.17, 15) is 29.7 Å². The number of hydrogen-bond acceptors (Lipinski definition) is 7. The van der Waals surface area contributed by atoms with Gasteiger partial charge < -0.3 is 25.4 Å². The highest BCUT2D eigenvalue weighted by molar-refractivity contribution is 6.01. The molecular formula is C25H29NO7. The van der Waals surface area contributed by atoms with Crippen LogP contribution in [0.2, 0.25) is 0 Å². The van der Waals surface area contributed by atoms with E-state index in [-0.39, 0.29) is 47.1 Å². The van der Waals surface area contributed by atoms with Crippen molar-refractivity contribution in [2.45, 2.75) is 45.1 Å². The average molecular weight is 456 g/mol. The number of benzene rings is 1. The summed E-state index contributed by atoms with van der Waals surface area (Å²) >= 11 is 0. The quantitative estimate of drug-likeness (QED) is 0.305. The zero-order valence-corrected chi connectivity index (χ0v) is 18.8. The highest BCUT2D eigenvalue weighted by atomic mass is 16.5. The van der Waals surface area contributed by atoms with E-state index in [1.54, 1.807) is 6.08 Å². The van der Waals surface area contributed by atoms with Crippen molar-refractivity contribution in [2.75, 3.05) is 12.4 Å². The number of aliphatic hydroxyl groups excluding tert-OH is 1. The minimum Gasteiger partial charge on any atom is -0.506 e. The molecule has 176 valence electrons. The number of aromatic hydroxyl groups is 2. The monoisotopic (exact) mass is 455 g/mol. The number of carbonyl (C=O) groups is 3. The number of esters is 1. The number of allylic oxidation sites excluding steroid dienone is 2. The van der Waals surface area contributed by atoms with Crippen LogP contribution in [0.25, 0.3) is 0 Å². The van der Waals surface area contributed by atoms with Gasteiger partial charge in [0.2, 0.25) is 5.91 Å². The lowest BCUT2D eigenvalue weighted by molar-refractivity contribution is -0.142. The van der Waals surface area contributed by atoms with Crippen molar-refractivity contribution in [3.63, 3.8) is 0 Å². The Balaban J connectivity index is 1.52. The van der Waals surface area contributed by atoms with Gasteiger partial charge in [-0.25, -0.2) is 4.79 Å². The maximum absolute atomic E-state index is 13.0. The van der Waals surface area contributed by atoms with Crippen LogP contribution >= 0.6 is 0 Å². The molecule has 0 radical (unpaired) electrons. The van der Waals surface area contributed by atoms with Crippen LogP contribution in [0.1, 0.15) is 49.4 Å². The molecule has 4 N–H and O–H groups in total. The number of anilines is 1. The maximum Gasteiger partial charge on any atom is 0.341 e. The van der Waals surface area contributed by atoms with Crippen LogP contribution in [0.15, 0.2) is 36.4 Å². The van der Waals surface area contributed by atoms with E-state index in [0.717, 1.165) is 19.1 Å². The SMILES string of the molecule is C=C1C[C@@]23C=CC(=O)[C@@](C)(CCC(=O)Nc4c(O)ccc(C(=O)OC)c4O)[C@@H]2C[C@@H]1[C@@H](O)C3. The Hall–Kier alpha value is -3.13. The molecule has 2 bridgehead atoms. The lowest BCUT2D eigenvalue weighted by Gasteiger charge is -2.60. The highest BCUT2D eigenvalue weighted by Gasteiger charge is 2.60. The Bertz CT molecular complexity index is 1080. The van der Waals surface area contributed by atoms with Gasteiger partial charge in [0, 0.05) is 17.8 Å². The van der Waals surface area contributed by atoms with Gasteiger partial charge in [0.05, 0.1) is 13.2 Å². The molecule has 1 spiro atoms. The second-order valence-corrected chi connectivity index (χ2v) is 9.75.